The van der Waals surface area contributed by atoms with Crippen LogP contribution in [0.5, 0.6) is 28.7 Å². The fourth-order valence-corrected chi connectivity index (χ4v) is 5.52. The molecule has 7 rings (SSSR count). The fourth-order valence-electron chi connectivity index (χ4n) is 5.52. The number of phenols is 1. The van der Waals surface area contributed by atoms with Gasteiger partial charge in [-0.3, -0.25) is 9.59 Å². The molecule has 1 unspecified atom stereocenters. The van der Waals surface area contributed by atoms with Gasteiger partial charge in [0.25, 0.3) is 5.91 Å². The van der Waals surface area contributed by atoms with Crippen LogP contribution in [-0.4, -0.2) is 48.6 Å². The Kier molecular flexibility index (Phi) is 8.00. The number of nitrogens with zero attached hydrogens (tertiary/aromatic N) is 1. The predicted molar refractivity (Wildman–Crippen MR) is 163 cm³/mol. The summed E-state index contributed by atoms with van der Waals surface area (Å²) in [5, 5.41) is 13.1. The van der Waals surface area contributed by atoms with Crippen LogP contribution < -0.4 is 19.5 Å². The summed E-state index contributed by atoms with van der Waals surface area (Å²) in [5.41, 5.74) is 4.01. The quantitative estimate of drug-likeness (QED) is 0.295. The van der Waals surface area contributed by atoms with Gasteiger partial charge < -0.3 is 29.5 Å². The smallest absolute Gasteiger partial charge is 0.255 e. The Morgan fingerprint density at radius 2 is 1.84 bits per heavy atom. The predicted octanol–water partition coefficient (Wildman–Crippen LogP) is 5.89. The van der Waals surface area contributed by atoms with Crippen LogP contribution in [0.15, 0.2) is 91.0 Å². The highest BCUT2D eigenvalue weighted by atomic mass is 16.5. The first-order valence-electron chi connectivity index (χ1n) is 14.3. The van der Waals surface area contributed by atoms with Crippen LogP contribution in [0.4, 0.5) is 0 Å². The molecule has 0 saturated carbocycles. The number of benzene rings is 4. The number of aromatic hydroxyl groups is 1. The van der Waals surface area contributed by atoms with Crippen molar-refractivity contribution in [3.8, 4) is 28.7 Å². The molecule has 4 aromatic rings. The lowest BCUT2D eigenvalue weighted by Gasteiger charge is -2.37. The monoisotopic (exact) mass is 576 g/mol. The second kappa shape index (κ2) is 12.3. The lowest BCUT2D eigenvalue weighted by atomic mass is 9.87. The number of methoxy groups -OCH3 is 1. The van der Waals surface area contributed by atoms with E-state index < -0.39 is 5.91 Å². The van der Waals surface area contributed by atoms with E-state index in [0.717, 1.165) is 22.3 Å². The summed E-state index contributed by atoms with van der Waals surface area (Å²) in [6, 6.07) is 25.6. The topological polar surface area (TPSA) is 97.3 Å². The molecule has 0 radical (unpaired) electrons. The minimum atomic E-state index is -0.400. The SMILES string of the molecule is COc1ccc2cc1OCCCNC(=O)c1cc(ccc1O)Oc1ccc3c(c1)CCN(C(=O)/C=C/c1ccccc1)C23. The van der Waals surface area contributed by atoms with Crippen LogP contribution in [0.2, 0.25) is 0 Å². The van der Waals surface area contributed by atoms with Crippen molar-refractivity contribution < 1.29 is 28.9 Å². The van der Waals surface area contributed by atoms with E-state index in [2.05, 4.69) is 5.32 Å². The highest BCUT2D eigenvalue weighted by Gasteiger charge is 2.32. The maximum absolute atomic E-state index is 13.7. The van der Waals surface area contributed by atoms with Crippen molar-refractivity contribution in [2.45, 2.75) is 18.9 Å². The van der Waals surface area contributed by atoms with E-state index in [1.165, 1.54) is 12.1 Å². The van der Waals surface area contributed by atoms with E-state index >= 15 is 0 Å². The highest BCUT2D eigenvalue weighted by molar-refractivity contribution is 5.97. The molecule has 3 aliphatic heterocycles. The van der Waals surface area contributed by atoms with Gasteiger partial charge in [-0.05, 0) is 83.6 Å². The Bertz CT molecular complexity index is 1680. The van der Waals surface area contributed by atoms with Gasteiger partial charge >= 0.3 is 0 Å². The number of ether oxygens (including phenoxy) is 3. The van der Waals surface area contributed by atoms with Crippen LogP contribution in [0, 0.1) is 0 Å². The first-order valence-corrected chi connectivity index (χ1v) is 14.3. The largest absolute Gasteiger partial charge is 0.507 e. The molecule has 0 saturated heterocycles. The van der Waals surface area contributed by atoms with Gasteiger partial charge in [-0.25, -0.2) is 0 Å². The Morgan fingerprint density at radius 3 is 2.67 bits per heavy atom. The molecular weight excluding hydrogens is 544 g/mol. The molecule has 3 heterocycles. The first kappa shape index (κ1) is 27.9. The van der Waals surface area contributed by atoms with E-state index in [0.29, 0.717) is 55.5 Å². The summed E-state index contributed by atoms with van der Waals surface area (Å²) in [6.45, 7) is 1.17. The second-order valence-corrected chi connectivity index (χ2v) is 10.4. The van der Waals surface area contributed by atoms with Crippen LogP contribution in [0.25, 0.3) is 6.08 Å². The molecule has 2 N–H and O–H groups in total. The van der Waals surface area contributed by atoms with Crippen molar-refractivity contribution in [2.75, 3.05) is 26.8 Å². The molecule has 0 spiro atoms. The van der Waals surface area contributed by atoms with Gasteiger partial charge in [-0.2, -0.15) is 0 Å². The summed E-state index contributed by atoms with van der Waals surface area (Å²) in [4.78, 5) is 28.4. The summed E-state index contributed by atoms with van der Waals surface area (Å²) in [6.07, 6.45) is 4.63. The van der Waals surface area contributed by atoms with Gasteiger partial charge in [0.2, 0.25) is 5.91 Å². The van der Waals surface area contributed by atoms with Crippen molar-refractivity contribution in [1.29, 1.82) is 0 Å². The van der Waals surface area contributed by atoms with E-state index in [1.807, 2.05) is 77.7 Å². The molecule has 0 aliphatic carbocycles. The van der Waals surface area contributed by atoms with E-state index in [4.69, 9.17) is 14.2 Å². The Hall–Kier alpha value is -5.24. The van der Waals surface area contributed by atoms with Gasteiger partial charge in [-0.15, -0.1) is 0 Å². The lowest BCUT2D eigenvalue weighted by molar-refractivity contribution is -0.127. The molecule has 0 aromatic heterocycles. The molecule has 8 bridgehead atoms. The van der Waals surface area contributed by atoms with Gasteiger partial charge in [-0.1, -0.05) is 42.5 Å². The number of fused-ring (bicyclic) bond motifs is 6. The van der Waals surface area contributed by atoms with Crippen molar-refractivity contribution in [2.24, 2.45) is 0 Å². The zero-order chi connectivity index (χ0) is 29.8. The van der Waals surface area contributed by atoms with Crippen LogP contribution in [0.3, 0.4) is 0 Å². The van der Waals surface area contributed by atoms with Gasteiger partial charge in [0, 0.05) is 19.2 Å². The average Bonchev–Trinajstić information content (AvgIpc) is 3.03. The number of rotatable bonds is 3. The average molecular weight is 577 g/mol. The van der Waals surface area contributed by atoms with E-state index in [-0.39, 0.29) is 23.3 Å². The number of carbonyl (C=O) groups excluding carboxylic acids is 2. The van der Waals surface area contributed by atoms with Crippen molar-refractivity contribution in [1.82, 2.24) is 10.2 Å². The number of carbonyl (C=O) groups is 2. The number of amides is 2. The Morgan fingerprint density at radius 1 is 1.02 bits per heavy atom. The number of hydrogen-bond donors (Lipinski definition) is 2. The van der Waals surface area contributed by atoms with E-state index in [1.54, 1.807) is 19.3 Å². The third-order valence-electron chi connectivity index (χ3n) is 7.66. The number of hydrogen-bond acceptors (Lipinski definition) is 6. The maximum Gasteiger partial charge on any atom is 0.255 e. The third-order valence-corrected chi connectivity index (χ3v) is 7.66. The van der Waals surface area contributed by atoms with Gasteiger partial charge in [0.05, 0.1) is 25.3 Å². The normalized spacial score (nSPS) is 16.4. The highest BCUT2D eigenvalue weighted by Crippen LogP contribution is 2.41. The molecule has 2 amide bonds. The summed E-state index contributed by atoms with van der Waals surface area (Å²) in [5.74, 6) is 1.54. The molecule has 0 fully saturated rings. The summed E-state index contributed by atoms with van der Waals surface area (Å²) in [7, 11) is 1.59. The fraction of sp³-hybridized carbons (Fsp3) is 0.200. The third kappa shape index (κ3) is 6.04. The number of nitrogens with one attached hydrogen (secondary N) is 1. The van der Waals surface area contributed by atoms with Crippen LogP contribution in [0.1, 0.15) is 45.1 Å². The minimum Gasteiger partial charge on any atom is -0.507 e. The molecule has 3 aliphatic rings. The standard InChI is InChI=1S/C35H32N2O6/c1-41-31-14-9-25-21-32(31)42-19-5-17-36-35(40)29-22-27(11-13-30(29)38)43-26-10-12-28-24(20-26)16-18-37(34(25)28)33(39)15-8-23-6-3-2-4-7-23/h2-4,6-15,20-22,34,38H,5,16-19H2,1H3,(H,36,40)/b15-8+. The summed E-state index contributed by atoms with van der Waals surface area (Å²) >= 11 is 0. The zero-order valence-corrected chi connectivity index (χ0v) is 23.8. The van der Waals surface area contributed by atoms with Crippen molar-refractivity contribution >= 4 is 17.9 Å². The second-order valence-electron chi connectivity index (χ2n) is 10.4. The van der Waals surface area contributed by atoms with Crippen LogP contribution in [-0.2, 0) is 11.2 Å². The molecule has 4 aromatic carbocycles. The van der Waals surface area contributed by atoms with Crippen LogP contribution >= 0.6 is 0 Å². The first-order chi connectivity index (χ1) is 21.0. The van der Waals surface area contributed by atoms with Gasteiger partial charge in [0.15, 0.2) is 11.5 Å². The summed E-state index contributed by atoms with van der Waals surface area (Å²) < 4.78 is 17.8. The van der Waals surface area contributed by atoms with Gasteiger partial charge in [0.1, 0.15) is 17.2 Å². The van der Waals surface area contributed by atoms with Crippen molar-refractivity contribution in [3.63, 3.8) is 0 Å². The Balaban J connectivity index is 1.42. The maximum atomic E-state index is 13.7. The molecule has 8 nitrogen and oxygen atoms in total. The lowest BCUT2D eigenvalue weighted by Crippen LogP contribution is -2.39. The molecule has 8 heteroatoms. The zero-order valence-electron chi connectivity index (χ0n) is 23.8. The molecule has 43 heavy (non-hydrogen) atoms. The Labute approximate surface area is 250 Å². The van der Waals surface area contributed by atoms with E-state index in [9.17, 15) is 14.7 Å². The molecule has 218 valence electrons. The minimum absolute atomic E-state index is 0.0902. The van der Waals surface area contributed by atoms with Crippen molar-refractivity contribution in [3.05, 3.63) is 119 Å². The molecule has 1 atom stereocenters. The number of phenolic OH excluding ortho intramolecular Hbond substituents is 1. The molecular formula is C35H32N2O6.